The number of likely N-dealkylation sites (N-methyl/N-ethyl adjacent to an activating group) is 1. The Morgan fingerprint density at radius 2 is 2.39 bits per heavy atom. The van der Waals surface area contributed by atoms with Crippen LogP contribution in [-0.2, 0) is 4.79 Å². The van der Waals surface area contributed by atoms with Crippen molar-refractivity contribution < 1.29 is 4.79 Å². The molecule has 0 radical (unpaired) electrons. The van der Waals surface area contributed by atoms with Gasteiger partial charge >= 0.3 is 0 Å². The van der Waals surface area contributed by atoms with Gasteiger partial charge in [-0.2, -0.15) is 0 Å². The molecule has 0 aliphatic rings. The molecular weight excluding hydrogens is 250 g/mol. The van der Waals surface area contributed by atoms with Crippen LogP contribution in [0.25, 0.3) is 0 Å². The molecule has 0 fully saturated rings. The molecule has 1 rings (SSSR count). The van der Waals surface area contributed by atoms with E-state index < -0.39 is 0 Å². The van der Waals surface area contributed by atoms with E-state index in [1.165, 1.54) is 0 Å². The molecule has 100 valence electrons. The van der Waals surface area contributed by atoms with Crippen LogP contribution in [0.1, 0.15) is 19.8 Å². The molecule has 18 heavy (non-hydrogen) atoms. The van der Waals surface area contributed by atoms with Crippen molar-refractivity contribution in [3.8, 4) is 0 Å². The molecule has 0 aromatic carbocycles. The SMILES string of the molecule is C[C@H](CCC=O)N(C)CCNc1ccnc(Cl)c1. The lowest BCUT2D eigenvalue weighted by Gasteiger charge is -2.24. The minimum Gasteiger partial charge on any atom is -0.384 e. The van der Waals surface area contributed by atoms with E-state index in [4.69, 9.17) is 11.6 Å². The van der Waals surface area contributed by atoms with Crippen LogP contribution in [0, 0.1) is 0 Å². The number of nitrogens with one attached hydrogen (secondary N) is 1. The highest BCUT2D eigenvalue weighted by Gasteiger charge is 2.07. The van der Waals surface area contributed by atoms with Crippen molar-refractivity contribution >= 4 is 23.6 Å². The summed E-state index contributed by atoms with van der Waals surface area (Å²) in [6.45, 7) is 3.88. The van der Waals surface area contributed by atoms with E-state index >= 15 is 0 Å². The van der Waals surface area contributed by atoms with Gasteiger partial charge in [-0.05, 0) is 32.5 Å². The number of aromatic nitrogens is 1. The number of anilines is 1. The fourth-order valence-corrected chi connectivity index (χ4v) is 1.81. The van der Waals surface area contributed by atoms with Gasteiger partial charge in [0.2, 0.25) is 0 Å². The van der Waals surface area contributed by atoms with Gasteiger partial charge < -0.3 is 15.0 Å². The lowest BCUT2D eigenvalue weighted by Crippen LogP contribution is -2.33. The highest BCUT2D eigenvalue weighted by molar-refractivity contribution is 6.29. The smallest absolute Gasteiger partial charge is 0.131 e. The quantitative estimate of drug-likeness (QED) is 0.582. The van der Waals surface area contributed by atoms with Crippen LogP contribution in [-0.4, -0.2) is 42.3 Å². The number of nitrogens with zero attached hydrogens (tertiary/aromatic N) is 2. The first-order chi connectivity index (χ1) is 8.63. The van der Waals surface area contributed by atoms with Gasteiger partial charge in [-0.25, -0.2) is 4.98 Å². The normalized spacial score (nSPS) is 12.4. The predicted molar refractivity (Wildman–Crippen MR) is 75.1 cm³/mol. The number of hydrogen-bond donors (Lipinski definition) is 1. The van der Waals surface area contributed by atoms with Gasteiger partial charge in [0.05, 0.1) is 0 Å². The van der Waals surface area contributed by atoms with Crippen LogP contribution in [0.5, 0.6) is 0 Å². The number of rotatable bonds is 8. The Hall–Kier alpha value is -1.13. The first kappa shape index (κ1) is 14.9. The van der Waals surface area contributed by atoms with Crippen molar-refractivity contribution in [2.75, 3.05) is 25.5 Å². The third kappa shape index (κ3) is 5.47. The van der Waals surface area contributed by atoms with Crippen molar-refractivity contribution in [1.29, 1.82) is 0 Å². The van der Waals surface area contributed by atoms with Gasteiger partial charge in [-0.15, -0.1) is 0 Å². The van der Waals surface area contributed by atoms with Crippen molar-refractivity contribution in [1.82, 2.24) is 9.88 Å². The second-order valence-electron chi connectivity index (χ2n) is 4.37. The van der Waals surface area contributed by atoms with Crippen molar-refractivity contribution in [3.63, 3.8) is 0 Å². The van der Waals surface area contributed by atoms with Crippen LogP contribution in [0.15, 0.2) is 18.3 Å². The predicted octanol–water partition coefficient (Wildman–Crippen LogP) is 2.45. The molecule has 0 saturated carbocycles. The third-order valence-electron chi connectivity index (χ3n) is 2.97. The molecule has 0 amide bonds. The van der Waals surface area contributed by atoms with Crippen LogP contribution < -0.4 is 5.32 Å². The molecule has 0 bridgehead atoms. The van der Waals surface area contributed by atoms with E-state index in [0.717, 1.165) is 31.5 Å². The Morgan fingerprint density at radius 3 is 3.06 bits per heavy atom. The average Bonchev–Trinajstić information content (AvgIpc) is 2.35. The Morgan fingerprint density at radius 1 is 1.61 bits per heavy atom. The highest BCUT2D eigenvalue weighted by Crippen LogP contribution is 2.11. The summed E-state index contributed by atoms with van der Waals surface area (Å²) in [4.78, 5) is 16.5. The molecule has 5 heteroatoms. The zero-order valence-corrected chi connectivity index (χ0v) is 11.7. The van der Waals surface area contributed by atoms with Gasteiger partial charge in [-0.3, -0.25) is 0 Å². The first-order valence-electron chi connectivity index (χ1n) is 6.12. The maximum Gasteiger partial charge on any atom is 0.131 e. The molecule has 0 spiro atoms. The number of carbonyl (C=O) groups is 1. The second kappa shape index (κ2) is 8.06. The zero-order valence-electron chi connectivity index (χ0n) is 10.9. The molecule has 0 aliphatic carbocycles. The molecule has 4 nitrogen and oxygen atoms in total. The van der Waals surface area contributed by atoms with Crippen molar-refractivity contribution in [2.24, 2.45) is 0 Å². The van der Waals surface area contributed by atoms with E-state index in [1.54, 1.807) is 12.3 Å². The summed E-state index contributed by atoms with van der Waals surface area (Å²) < 4.78 is 0. The number of aldehydes is 1. The monoisotopic (exact) mass is 269 g/mol. The number of halogens is 1. The van der Waals surface area contributed by atoms with Gasteiger partial charge in [-0.1, -0.05) is 11.6 Å². The standard InChI is InChI=1S/C13H20ClN3O/c1-11(4-3-9-18)17(2)8-7-15-12-5-6-16-13(14)10-12/h5-6,9-11H,3-4,7-8H2,1-2H3,(H,15,16)/t11-/m1/s1. The largest absolute Gasteiger partial charge is 0.384 e. The van der Waals surface area contributed by atoms with Gasteiger partial charge in [0.25, 0.3) is 0 Å². The maximum absolute atomic E-state index is 10.3. The zero-order chi connectivity index (χ0) is 13.4. The summed E-state index contributed by atoms with van der Waals surface area (Å²) in [6, 6.07) is 4.11. The minimum atomic E-state index is 0.415. The molecule has 1 aromatic rings. The van der Waals surface area contributed by atoms with Gasteiger partial charge in [0, 0.05) is 37.4 Å². The van der Waals surface area contributed by atoms with Crippen molar-refractivity contribution in [2.45, 2.75) is 25.8 Å². The molecular formula is C13H20ClN3O. The second-order valence-corrected chi connectivity index (χ2v) is 4.75. The Kier molecular flexibility index (Phi) is 6.68. The van der Waals surface area contributed by atoms with E-state index in [9.17, 15) is 4.79 Å². The van der Waals surface area contributed by atoms with Crippen LogP contribution in [0.2, 0.25) is 5.15 Å². The Labute approximate surface area is 113 Å². The highest BCUT2D eigenvalue weighted by atomic mass is 35.5. The van der Waals surface area contributed by atoms with Crippen LogP contribution >= 0.6 is 11.6 Å². The van der Waals surface area contributed by atoms with Crippen LogP contribution in [0.3, 0.4) is 0 Å². The molecule has 1 N–H and O–H groups in total. The third-order valence-corrected chi connectivity index (χ3v) is 3.18. The summed E-state index contributed by atoms with van der Waals surface area (Å²) in [5.74, 6) is 0. The molecule has 1 atom stereocenters. The van der Waals surface area contributed by atoms with Crippen LogP contribution in [0.4, 0.5) is 5.69 Å². The molecule has 0 saturated heterocycles. The van der Waals surface area contributed by atoms with Gasteiger partial charge in [0.1, 0.15) is 11.4 Å². The number of hydrogen-bond acceptors (Lipinski definition) is 4. The topological polar surface area (TPSA) is 45.2 Å². The fraction of sp³-hybridized carbons (Fsp3) is 0.538. The lowest BCUT2D eigenvalue weighted by molar-refractivity contribution is -0.108. The molecule has 0 aliphatic heterocycles. The summed E-state index contributed by atoms with van der Waals surface area (Å²) >= 11 is 5.80. The molecule has 0 unspecified atom stereocenters. The molecule has 1 heterocycles. The number of carbonyl (C=O) groups excluding carboxylic acids is 1. The average molecular weight is 270 g/mol. The summed E-state index contributed by atoms with van der Waals surface area (Å²) in [7, 11) is 2.07. The summed E-state index contributed by atoms with van der Waals surface area (Å²) in [6.07, 6.45) is 4.18. The minimum absolute atomic E-state index is 0.415. The molecule has 1 aromatic heterocycles. The lowest BCUT2D eigenvalue weighted by atomic mass is 10.2. The summed E-state index contributed by atoms with van der Waals surface area (Å²) in [5, 5.41) is 3.78. The van der Waals surface area contributed by atoms with Gasteiger partial charge in [0.15, 0.2) is 0 Å². The van der Waals surface area contributed by atoms with E-state index in [-0.39, 0.29) is 0 Å². The van der Waals surface area contributed by atoms with E-state index in [0.29, 0.717) is 17.6 Å². The van der Waals surface area contributed by atoms with E-state index in [2.05, 4.69) is 29.2 Å². The fourth-order valence-electron chi connectivity index (χ4n) is 1.64. The summed E-state index contributed by atoms with van der Waals surface area (Å²) in [5.41, 5.74) is 0.976. The Balaban J connectivity index is 2.26. The Bertz CT molecular complexity index is 373. The number of pyridine rings is 1. The maximum atomic E-state index is 10.3. The first-order valence-corrected chi connectivity index (χ1v) is 6.50. The van der Waals surface area contributed by atoms with E-state index in [1.807, 2.05) is 6.07 Å². The van der Waals surface area contributed by atoms with Crippen molar-refractivity contribution in [3.05, 3.63) is 23.5 Å².